The molecular formula is C24H39F2N5O2. The van der Waals surface area contributed by atoms with Gasteiger partial charge in [-0.25, -0.2) is 9.97 Å². The topological polar surface area (TPSA) is 70.6 Å². The minimum atomic E-state index is -2.76. The largest absolute Gasteiger partial charge is 0.356 e. The van der Waals surface area contributed by atoms with E-state index in [0.29, 0.717) is 12.5 Å². The van der Waals surface area contributed by atoms with E-state index in [-0.39, 0.29) is 12.0 Å². The van der Waals surface area contributed by atoms with Crippen LogP contribution in [0, 0.1) is 5.92 Å². The molecule has 0 radical (unpaired) electrons. The van der Waals surface area contributed by atoms with E-state index >= 15 is 0 Å². The minimum absolute atomic E-state index is 0.0569. The van der Waals surface area contributed by atoms with E-state index in [0.717, 1.165) is 75.2 Å². The second-order valence-electron chi connectivity index (χ2n) is 10.3. The van der Waals surface area contributed by atoms with Crippen molar-refractivity contribution in [3.63, 3.8) is 0 Å². The Hall–Kier alpha value is -1.87. The van der Waals surface area contributed by atoms with Crippen LogP contribution < -0.4 is 10.2 Å². The number of anilines is 1. The number of hydrogen-bond donors (Lipinski definition) is 1. The molecule has 7 nitrogen and oxygen atoms in total. The summed E-state index contributed by atoms with van der Waals surface area (Å²) in [4.78, 5) is 24.8. The number of carbonyl (C=O) groups excluding carboxylic acids is 1. The van der Waals surface area contributed by atoms with Gasteiger partial charge in [-0.2, -0.15) is 8.78 Å². The highest BCUT2D eigenvalue weighted by atomic mass is 19.3. The smallest absolute Gasteiger partial charge is 0.345 e. The molecule has 0 bridgehead atoms. The van der Waals surface area contributed by atoms with E-state index in [1.54, 1.807) is 0 Å². The molecule has 1 aliphatic carbocycles. The fourth-order valence-corrected chi connectivity index (χ4v) is 4.64. The first-order valence-corrected chi connectivity index (χ1v) is 12.2. The summed E-state index contributed by atoms with van der Waals surface area (Å²) >= 11 is 0. The van der Waals surface area contributed by atoms with Crippen LogP contribution >= 0.6 is 0 Å². The van der Waals surface area contributed by atoms with Crippen LogP contribution in [0.5, 0.6) is 0 Å². The first kappa shape index (κ1) is 25.7. The van der Waals surface area contributed by atoms with Gasteiger partial charge < -0.3 is 15.0 Å². The van der Waals surface area contributed by atoms with Crippen molar-refractivity contribution in [1.82, 2.24) is 20.2 Å². The summed E-state index contributed by atoms with van der Waals surface area (Å²) in [6.45, 7) is 8.23. The van der Waals surface area contributed by atoms with Crippen molar-refractivity contribution >= 4 is 12.2 Å². The molecule has 1 aromatic heterocycles. The zero-order chi connectivity index (χ0) is 23.8. The normalized spacial score (nSPS) is 22.5. The van der Waals surface area contributed by atoms with Crippen LogP contribution in [0.15, 0.2) is 6.07 Å². The van der Waals surface area contributed by atoms with Gasteiger partial charge in [0.25, 0.3) is 0 Å². The Morgan fingerprint density at radius 2 is 1.85 bits per heavy atom. The third-order valence-electron chi connectivity index (χ3n) is 6.74. The molecule has 0 atom stereocenters. The van der Waals surface area contributed by atoms with Gasteiger partial charge in [-0.15, -0.1) is 0 Å². The predicted molar refractivity (Wildman–Crippen MR) is 125 cm³/mol. The Bertz CT molecular complexity index is 743. The van der Waals surface area contributed by atoms with E-state index in [1.165, 1.54) is 19.3 Å². The molecule has 2 aliphatic rings. The van der Waals surface area contributed by atoms with Crippen LogP contribution in [0.2, 0.25) is 0 Å². The number of ether oxygens (including phenoxy) is 1. The van der Waals surface area contributed by atoms with E-state index in [9.17, 15) is 13.6 Å². The van der Waals surface area contributed by atoms with Crippen molar-refractivity contribution in [2.24, 2.45) is 5.92 Å². The second kappa shape index (κ2) is 12.0. The van der Waals surface area contributed by atoms with E-state index < -0.39 is 6.61 Å². The summed E-state index contributed by atoms with van der Waals surface area (Å²) in [7, 11) is 0. The molecule has 1 aromatic rings. The van der Waals surface area contributed by atoms with Crippen molar-refractivity contribution in [2.75, 3.05) is 44.2 Å². The lowest BCUT2D eigenvalue weighted by atomic mass is 9.84. The number of hydrogen-bond acceptors (Lipinski definition) is 6. The Kier molecular flexibility index (Phi) is 9.37. The lowest BCUT2D eigenvalue weighted by Crippen LogP contribution is -2.47. The first-order chi connectivity index (χ1) is 15.7. The maximum absolute atomic E-state index is 12.4. The number of nitrogens with zero attached hydrogens (tertiary/aromatic N) is 4. The monoisotopic (exact) mass is 467 g/mol. The zero-order valence-electron chi connectivity index (χ0n) is 20.2. The van der Waals surface area contributed by atoms with Crippen molar-refractivity contribution in [1.29, 1.82) is 0 Å². The Labute approximate surface area is 196 Å². The van der Waals surface area contributed by atoms with Gasteiger partial charge in [0.1, 0.15) is 11.6 Å². The number of piperazine rings is 1. The van der Waals surface area contributed by atoms with Crippen LogP contribution in [0.25, 0.3) is 0 Å². The van der Waals surface area contributed by atoms with Gasteiger partial charge in [-0.3, -0.25) is 9.69 Å². The zero-order valence-corrected chi connectivity index (χ0v) is 20.2. The highest BCUT2D eigenvalue weighted by molar-refractivity contribution is 5.46. The van der Waals surface area contributed by atoms with Crippen molar-refractivity contribution in [2.45, 2.75) is 77.4 Å². The molecule has 186 valence electrons. The SMILES string of the molecule is CC(C)(C)c1nc(CCOC(F)F)cc(N2CCN(CCC3CCC(NC=O)CC3)CC2)n1. The maximum Gasteiger partial charge on any atom is 0.345 e. The Morgan fingerprint density at radius 3 is 2.45 bits per heavy atom. The van der Waals surface area contributed by atoms with E-state index in [4.69, 9.17) is 4.98 Å². The highest BCUT2D eigenvalue weighted by Gasteiger charge is 2.25. The van der Waals surface area contributed by atoms with Crippen LogP contribution in [-0.4, -0.2) is 73.3 Å². The van der Waals surface area contributed by atoms with Crippen molar-refractivity contribution in [3.8, 4) is 0 Å². The number of amides is 1. The Balaban J connectivity index is 1.51. The minimum Gasteiger partial charge on any atom is -0.356 e. The molecule has 9 heteroatoms. The quantitative estimate of drug-likeness (QED) is 0.532. The molecule has 2 heterocycles. The van der Waals surface area contributed by atoms with E-state index in [1.807, 2.05) is 6.07 Å². The molecule has 2 fully saturated rings. The molecule has 0 spiro atoms. The number of aromatic nitrogens is 2. The van der Waals surface area contributed by atoms with Gasteiger partial charge in [0.2, 0.25) is 6.41 Å². The molecule has 1 amide bonds. The van der Waals surface area contributed by atoms with Crippen LogP contribution in [0.4, 0.5) is 14.6 Å². The third kappa shape index (κ3) is 8.14. The molecular weight excluding hydrogens is 428 g/mol. The van der Waals surface area contributed by atoms with Gasteiger partial charge in [0, 0.05) is 55.8 Å². The average molecular weight is 468 g/mol. The second-order valence-corrected chi connectivity index (χ2v) is 10.3. The lowest BCUT2D eigenvalue weighted by Gasteiger charge is -2.37. The summed E-state index contributed by atoms with van der Waals surface area (Å²) in [5.41, 5.74) is 0.517. The summed E-state index contributed by atoms with van der Waals surface area (Å²) in [5.74, 6) is 2.36. The molecule has 3 rings (SSSR count). The summed E-state index contributed by atoms with van der Waals surface area (Å²) < 4.78 is 29.2. The standard InChI is InChI=1S/C24H39F2N5O2/c1-24(2,3)22-28-20(9-15-33-23(25)26)16-21(29-22)31-13-11-30(12-14-31)10-8-18-4-6-19(7-5-18)27-17-32/h16-19,23H,4-15H2,1-3H3,(H,27,32). The third-order valence-corrected chi connectivity index (χ3v) is 6.74. The molecule has 0 unspecified atom stereocenters. The predicted octanol–water partition coefficient (Wildman–Crippen LogP) is 3.37. The summed E-state index contributed by atoms with van der Waals surface area (Å²) in [5, 5.41) is 2.92. The molecule has 1 saturated heterocycles. The number of halogens is 2. The molecule has 0 aromatic carbocycles. The fourth-order valence-electron chi connectivity index (χ4n) is 4.64. The maximum atomic E-state index is 12.4. The number of rotatable bonds is 10. The van der Waals surface area contributed by atoms with Gasteiger partial charge in [-0.1, -0.05) is 20.8 Å². The number of carbonyl (C=O) groups is 1. The van der Waals surface area contributed by atoms with Crippen LogP contribution in [-0.2, 0) is 21.4 Å². The fraction of sp³-hybridized carbons (Fsp3) is 0.792. The molecule has 1 N–H and O–H groups in total. The molecule has 1 aliphatic heterocycles. The van der Waals surface area contributed by atoms with Gasteiger partial charge in [0.05, 0.1) is 6.61 Å². The molecule has 33 heavy (non-hydrogen) atoms. The molecule has 1 saturated carbocycles. The van der Waals surface area contributed by atoms with Crippen LogP contribution in [0.3, 0.4) is 0 Å². The van der Waals surface area contributed by atoms with Crippen molar-refractivity contribution < 1.29 is 18.3 Å². The van der Waals surface area contributed by atoms with Gasteiger partial charge in [0.15, 0.2) is 0 Å². The van der Waals surface area contributed by atoms with E-state index in [2.05, 4.69) is 45.6 Å². The lowest BCUT2D eigenvalue weighted by molar-refractivity contribution is -0.127. The summed E-state index contributed by atoms with van der Waals surface area (Å²) in [6.07, 6.45) is 6.95. The number of nitrogens with one attached hydrogen (secondary N) is 1. The van der Waals surface area contributed by atoms with Gasteiger partial charge >= 0.3 is 6.61 Å². The highest BCUT2D eigenvalue weighted by Crippen LogP contribution is 2.27. The Morgan fingerprint density at radius 1 is 1.15 bits per heavy atom. The average Bonchev–Trinajstić information content (AvgIpc) is 2.78. The first-order valence-electron chi connectivity index (χ1n) is 12.2. The van der Waals surface area contributed by atoms with Crippen molar-refractivity contribution in [3.05, 3.63) is 17.6 Å². The van der Waals surface area contributed by atoms with Crippen LogP contribution in [0.1, 0.15) is 64.4 Å². The number of alkyl halides is 2. The summed E-state index contributed by atoms with van der Waals surface area (Å²) in [6, 6.07) is 2.28. The van der Waals surface area contributed by atoms with Gasteiger partial charge in [-0.05, 0) is 44.6 Å².